The van der Waals surface area contributed by atoms with Crippen molar-refractivity contribution in [3.05, 3.63) is 70.2 Å². The van der Waals surface area contributed by atoms with Gasteiger partial charge in [0.15, 0.2) is 0 Å². The number of rotatable bonds is 4. The lowest BCUT2D eigenvalue weighted by Gasteiger charge is -2.16. The number of hydrogen-bond donors (Lipinski definition) is 0. The molecule has 4 heteroatoms. The maximum Gasteiger partial charge on any atom is 0.127 e. The van der Waals surface area contributed by atoms with Crippen LogP contribution in [-0.4, -0.2) is 5.33 Å². The summed E-state index contributed by atoms with van der Waals surface area (Å²) < 4.78 is 27.0. The third kappa shape index (κ3) is 3.54. The molecule has 0 saturated carbocycles. The van der Waals surface area contributed by atoms with Crippen LogP contribution in [0.3, 0.4) is 0 Å². The summed E-state index contributed by atoms with van der Waals surface area (Å²) in [7, 11) is 0. The van der Waals surface area contributed by atoms with E-state index in [1.54, 1.807) is 18.2 Å². The molecule has 0 fully saturated rings. The minimum atomic E-state index is -0.324. The van der Waals surface area contributed by atoms with Crippen LogP contribution in [0, 0.1) is 11.6 Å². The molecule has 0 bridgehead atoms. The maximum atomic E-state index is 13.8. The Hall–Kier alpha value is -0.930. The highest BCUT2D eigenvalue weighted by atomic mass is 79.9. The predicted octanol–water partition coefficient (Wildman–Crippen LogP) is 5.34. The van der Waals surface area contributed by atoms with Crippen LogP contribution >= 0.6 is 27.5 Å². The third-order valence-corrected chi connectivity index (χ3v) is 4.15. The predicted molar refractivity (Wildman–Crippen MR) is 78.0 cm³/mol. The molecule has 0 spiro atoms. The largest absolute Gasteiger partial charge is 0.207 e. The Labute approximate surface area is 124 Å². The summed E-state index contributed by atoms with van der Waals surface area (Å²) in [6, 6.07) is 11.0. The SMILES string of the molecule is Fc1cccc(C(CBr)Cc2c(F)cccc2Cl)c1. The lowest BCUT2D eigenvalue weighted by atomic mass is 9.93. The fourth-order valence-corrected chi connectivity index (χ4v) is 2.84. The van der Waals surface area contributed by atoms with E-state index < -0.39 is 0 Å². The van der Waals surface area contributed by atoms with Crippen LogP contribution in [-0.2, 0) is 6.42 Å². The second-order valence-corrected chi connectivity index (χ2v) is 5.37. The van der Waals surface area contributed by atoms with Gasteiger partial charge in [0.2, 0.25) is 0 Å². The normalized spacial score (nSPS) is 12.4. The highest BCUT2D eigenvalue weighted by Gasteiger charge is 2.16. The number of hydrogen-bond acceptors (Lipinski definition) is 0. The Morgan fingerprint density at radius 2 is 1.84 bits per heavy atom. The summed E-state index contributed by atoms with van der Waals surface area (Å²) in [6.07, 6.45) is 0.431. The van der Waals surface area contributed by atoms with Gasteiger partial charge in [0, 0.05) is 15.9 Å². The van der Waals surface area contributed by atoms with Crippen molar-refractivity contribution in [3.8, 4) is 0 Å². The minimum Gasteiger partial charge on any atom is -0.207 e. The Kier molecular flexibility index (Phi) is 4.94. The first-order valence-corrected chi connectivity index (χ1v) is 7.36. The Bertz CT molecular complexity index is 552. The molecular weight excluding hydrogens is 334 g/mol. The van der Waals surface area contributed by atoms with E-state index in [0.717, 1.165) is 5.56 Å². The van der Waals surface area contributed by atoms with Crippen molar-refractivity contribution >= 4 is 27.5 Å². The van der Waals surface area contributed by atoms with Crippen molar-refractivity contribution in [3.63, 3.8) is 0 Å². The minimum absolute atomic E-state index is 0.0231. The van der Waals surface area contributed by atoms with Gasteiger partial charge in [0.05, 0.1) is 0 Å². The average Bonchev–Trinajstić information content (AvgIpc) is 2.38. The zero-order valence-electron chi connectivity index (χ0n) is 10.0. The summed E-state index contributed by atoms with van der Waals surface area (Å²) in [5, 5.41) is 1.02. The second-order valence-electron chi connectivity index (χ2n) is 4.31. The van der Waals surface area contributed by atoms with Crippen molar-refractivity contribution in [2.45, 2.75) is 12.3 Å². The summed E-state index contributed by atoms with van der Waals surface area (Å²) in [5.74, 6) is -0.636. The molecule has 0 aliphatic rings. The van der Waals surface area contributed by atoms with Crippen molar-refractivity contribution in [1.29, 1.82) is 0 Å². The molecule has 0 aliphatic carbocycles. The molecular formula is C15H12BrClF2. The van der Waals surface area contributed by atoms with E-state index in [-0.39, 0.29) is 17.6 Å². The van der Waals surface area contributed by atoms with E-state index in [9.17, 15) is 8.78 Å². The summed E-state index contributed by atoms with van der Waals surface area (Å²) in [5.41, 5.74) is 1.30. The van der Waals surface area contributed by atoms with Gasteiger partial charge < -0.3 is 0 Å². The Balaban J connectivity index is 2.29. The van der Waals surface area contributed by atoms with Crippen LogP contribution in [0.15, 0.2) is 42.5 Å². The molecule has 2 aromatic carbocycles. The van der Waals surface area contributed by atoms with E-state index in [2.05, 4.69) is 15.9 Å². The van der Waals surface area contributed by atoms with Gasteiger partial charge >= 0.3 is 0 Å². The van der Waals surface area contributed by atoms with E-state index in [0.29, 0.717) is 22.3 Å². The average molecular weight is 346 g/mol. The van der Waals surface area contributed by atoms with Gasteiger partial charge in [-0.1, -0.05) is 45.7 Å². The zero-order valence-corrected chi connectivity index (χ0v) is 12.4. The molecule has 0 saturated heterocycles. The van der Waals surface area contributed by atoms with Gasteiger partial charge in [0.1, 0.15) is 11.6 Å². The molecule has 1 atom stereocenters. The monoisotopic (exact) mass is 344 g/mol. The van der Waals surface area contributed by atoms with Gasteiger partial charge in [0.25, 0.3) is 0 Å². The van der Waals surface area contributed by atoms with Crippen LogP contribution < -0.4 is 0 Å². The molecule has 2 aromatic rings. The Morgan fingerprint density at radius 3 is 2.47 bits per heavy atom. The van der Waals surface area contributed by atoms with E-state index in [1.807, 2.05) is 6.07 Å². The highest BCUT2D eigenvalue weighted by Crippen LogP contribution is 2.28. The standard InChI is InChI=1S/C15H12BrClF2/c16-9-11(10-3-1-4-12(18)7-10)8-13-14(17)5-2-6-15(13)19/h1-7,11H,8-9H2. The Morgan fingerprint density at radius 1 is 1.11 bits per heavy atom. The first-order chi connectivity index (χ1) is 9.11. The van der Waals surface area contributed by atoms with E-state index in [4.69, 9.17) is 11.6 Å². The first-order valence-electron chi connectivity index (χ1n) is 5.86. The summed E-state index contributed by atoms with van der Waals surface area (Å²) >= 11 is 9.42. The summed E-state index contributed by atoms with van der Waals surface area (Å²) in [4.78, 5) is 0. The number of benzene rings is 2. The van der Waals surface area contributed by atoms with E-state index >= 15 is 0 Å². The molecule has 0 radical (unpaired) electrons. The lowest BCUT2D eigenvalue weighted by molar-refractivity contribution is 0.596. The molecule has 0 aliphatic heterocycles. The van der Waals surface area contributed by atoms with E-state index in [1.165, 1.54) is 18.2 Å². The quantitative estimate of drug-likeness (QED) is 0.656. The van der Waals surface area contributed by atoms with Gasteiger partial charge in [-0.3, -0.25) is 0 Å². The fourth-order valence-electron chi connectivity index (χ4n) is 2.00. The smallest absolute Gasteiger partial charge is 0.127 e. The molecule has 19 heavy (non-hydrogen) atoms. The topological polar surface area (TPSA) is 0 Å². The van der Waals surface area contributed by atoms with Crippen molar-refractivity contribution in [2.75, 3.05) is 5.33 Å². The number of alkyl halides is 1. The molecule has 0 aromatic heterocycles. The van der Waals surface area contributed by atoms with Crippen molar-refractivity contribution in [2.24, 2.45) is 0 Å². The third-order valence-electron chi connectivity index (χ3n) is 3.02. The fraction of sp³-hybridized carbons (Fsp3) is 0.200. The van der Waals surface area contributed by atoms with Gasteiger partial charge in [-0.15, -0.1) is 0 Å². The van der Waals surface area contributed by atoms with Gasteiger partial charge in [-0.2, -0.15) is 0 Å². The van der Waals surface area contributed by atoms with Crippen LogP contribution in [0.4, 0.5) is 8.78 Å². The second kappa shape index (κ2) is 6.49. The molecule has 0 heterocycles. The highest BCUT2D eigenvalue weighted by molar-refractivity contribution is 9.09. The van der Waals surface area contributed by atoms with Gasteiger partial charge in [-0.05, 0) is 42.2 Å². The van der Waals surface area contributed by atoms with Crippen LogP contribution in [0.1, 0.15) is 17.0 Å². The van der Waals surface area contributed by atoms with Crippen LogP contribution in [0.5, 0.6) is 0 Å². The van der Waals surface area contributed by atoms with Gasteiger partial charge in [-0.25, -0.2) is 8.78 Å². The van der Waals surface area contributed by atoms with Crippen LogP contribution in [0.2, 0.25) is 5.02 Å². The molecule has 2 rings (SSSR count). The molecule has 1 unspecified atom stereocenters. The molecule has 0 nitrogen and oxygen atoms in total. The lowest BCUT2D eigenvalue weighted by Crippen LogP contribution is -2.07. The molecule has 0 N–H and O–H groups in total. The first kappa shape index (κ1) is 14.5. The maximum absolute atomic E-state index is 13.8. The number of halogens is 4. The molecule has 100 valence electrons. The van der Waals surface area contributed by atoms with Crippen LogP contribution in [0.25, 0.3) is 0 Å². The van der Waals surface area contributed by atoms with Crippen molar-refractivity contribution in [1.82, 2.24) is 0 Å². The zero-order chi connectivity index (χ0) is 13.8. The molecule has 0 amide bonds. The van der Waals surface area contributed by atoms with Crippen molar-refractivity contribution < 1.29 is 8.78 Å². The summed E-state index contributed by atoms with van der Waals surface area (Å²) in [6.45, 7) is 0.